The van der Waals surface area contributed by atoms with E-state index in [1.807, 2.05) is 20.8 Å². The molecule has 6 heteroatoms. The summed E-state index contributed by atoms with van der Waals surface area (Å²) in [7, 11) is 0. The number of carbonyl (C=O) groups is 2. The lowest BCUT2D eigenvalue weighted by Gasteiger charge is -2.36. The summed E-state index contributed by atoms with van der Waals surface area (Å²) in [5, 5.41) is 2.82. The normalized spacial score (nSPS) is 18.2. The van der Waals surface area contributed by atoms with Crippen LogP contribution in [0.25, 0.3) is 0 Å². The Hall–Kier alpha value is -2.11. The molecular weight excluding hydrogens is 311 g/mol. The van der Waals surface area contributed by atoms with Gasteiger partial charge in [0.2, 0.25) is 0 Å². The molecule has 0 saturated carbocycles. The SMILES string of the molecule is CC(C)(C)OC(=O)N1CCCCC1CNC(=O)c1ccc(F)cc1. The number of hydrogen-bond acceptors (Lipinski definition) is 3. The minimum atomic E-state index is -0.545. The van der Waals surface area contributed by atoms with Gasteiger partial charge in [0.05, 0.1) is 6.04 Å². The van der Waals surface area contributed by atoms with Crippen LogP contribution in [0.1, 0.15) is 50.4 Å². The quantitative estimate of drug-likeness (QED) is 0.921. The average molecular weight is 336 g/mol. The van der Waals surface area contributed by atoms with Gasteiger partial charge in [-0.25, -0.2) is 9.18 Å². The van der Waals surface area contributed by atoms with Crippen molar-refractivity contribution in [2.75, 3.05) is 13.1 Å². The standard InChI is InChI=1S/C18H25FN2O3/c1-18(2,3)24-17(23)21-11-5-4-6-15(21)12-20-16(22)13-7-9-14(19)10-8-13/h7-10,15H,4-6,11-12H2,1-3H3,(H,20,22). The molecule has 0 spiro atoms. The van der Waals surface area contributed by atoms with Gasteiger partial charge in [0.1, 0.15) is 11.4 Å². The van der Waals surface area contributed by atoms with E-state index in [0.717, 1.165) is 19.3 Å². The zero-order valence-corrected chi connectivity index (χ0v) is 14.5. The molecule has 0 aromatic heterocycles. The predicted octanol–water partition coefficient (Wildman–Crippen LogP) is 3.35. The van der Waals surface area contributed by atoms with Crippen LogP contribution in [-0.4, -0.2) is 41.6 Å². The zero-order valence-electron chi connectivity index (χ0n) is 14.5. The number of nitrogens with zero attached hydrogens (tertiary/aromatic N) is 1. The Morgan fingerprint density at radius 2 is 1.92 bits per heavy atom. The van der Waals surface area contributed by atoms with E-state index in [2.05, 4.69) is 5.32 Å². The molecule has 1 fully saturated rings. The number of carbonyl (C=O) groups excluding carboxylic acids is 2. The fourth-order valence-corrected chi connectivity index (χ4v) is 2.69. The first kappa shape index (κ1) is 18.2. The van der Waals surface area contributed by atoms with Crippen molar-refractivity contribution in [3.05, 3.63) is 35.6 Å². The summed E-state index contributed by atoms with van der Waals surface area (Å²) in [5.74, 6) is -0.653. The number of ether oxygens (including phenoxy) is 1. The van der Waals surface area contributed by atoms with Crippen LogP contribution in [0.5, 0.6) is 0 Å². The van der Waals surface area contributed by atoms with Crippen molar-refractivity contribution >= 4 is 12.0 Å². The molecule has 1 atom stereocenters. The van der Waals surface area contributed by atoms with Gasteiger partial charge in [-0.3, -0.25) is 4.79 Å². The third-order valence-corrected chi connectivity index (χ3v) is 3.86. The maximum atomic E-state index is 12.9. The number of likely N-dealkylation sites (tertiary alicyclic amines) is 1. The molecule has 1 saturated heterocycles. The Balaban J connectivity index is 1.94. The predicted molar refractivity (Wildman–Crippen MR) is 89.3 cm³/mol. The van der Waals surface area contributed by atoms with Crippen LogP contribution in [0, 0.1) is 5.82 Å². The lowest BCUT2D eigenvalue weighted by Crippen LogP contribution is -2.50. The highest BCUT2D eigenvalue weighted by atomic mass is 19.1. The van der Waals surface area contributed by atoms with Crippen LogP contribution < -0.4 is 5.32 Å². The van der Waals surface area contributed by atoms with Crippen molar-refractivity contribution in [1.29, 1.82) is 0 Å². The molecule has 2 rings (SSSR count). The minimum Gasteiger partial charge on any atom is -0.444 e. The molecule has 2 amide bonds. The van der Waals surface area contributed by atoms with E-state index < -0.39 is 5.60 Å². The van der Waals surface area contributed by atoms with Crippen LogP contribution in [0.15, 0.2) is 24.3 Å². The van der Waals surface area contributed by atoms with E-state index in [1.54, 1.807) is 4.90 Å². The molecule has 24 heavy (non-hydrogen) atoms. The Morgan fingerprint density at radius 3 is 2.54 bits per heavy atom. The van der Waals surface area contributed by atoms with Crippen molar-refractivity contribution in [3.8, 4) is 0 Å². The Morgan fingerprint density at radius 1 is 1.25 bits per heavy atom. The van der Waals surface area contributed by atoms with Gasteiger partial charge >= 0.3 is 6.09 Å². The molecule has 0 radical (unpaired) electrons. The number of nitrogens with one attached hydrogen (secondary N) is 1. The fourth-order valence-electron chi connectivity index (χ4n) is 2.69. The van der Waals surface area contributed by atoms with Gasteiger partial charge in [-0.1, -0.05) is 0 Å². The molecule has 1 N–H and O–H groups in total. The van der Waals surface area contributed by atoms with Crippen LogP contribution in [0.2, 0.25) is 0 Å². The van der Waals surface area contributed by atoms with Gasteiger partial charge < -0.3 is 15.0 Å². The van der Waals surface area contributed by atoms with E-state index >= 15 is 0 Å². The van der Waals surface area contributed by atoms with Crippen molar-refractivity contribution in [3.63, 3.8) is 0 Å². The number of benzene rings is 1. The Bertz CT molecular complexity index is 581. The highest BCUT2D eigenvalue weighted by molar-refractivity contribution is 5.94. The molecule has 0 bridgehead atoms. The summed E-state index contributed by atoms with van der Waals surface area (Å²) in [6.07, 6.45) is 2.42. The van der Waals surface area contributed by atoms with Crippen LogP contribution in [-0.2, 0) is 4.74 Å². The molecule has 132 valence electrons. The number of rotatable bonds is 3. The smallest absolute Gasteiger partial charge is 0.410 e. The van der Waals surface area contributed by atoms with E-state index in [1.165, 1.54) is 24.3 Å². The first-order valence-corrected chi connectivity index (χ1v) is 8.29. The van der Waals surface area contributed by atoms with Crippen molar-refractivity contribution in [2.24, 2.45) is 0 Å². The molecule has 1 heterocycles. The lowest BCUT2D eigenvalue weighted by atomic mass is 10.0. The highest BCUT2D eigenvalue weighted by Gasteiger charge is 2.30. The van der Waals surface area contributed by atoms with Crippen molar-refractivity contribution < 1.29 is 18.7 Å². The van der Waals surface area contributed by atoms with Crippen molar-refractivity contribution in [1.82, 2.24) is 10.2 Å². The third kappa shape index (κ3) is 5.22. The molecule has 1 aromatic rings. The maximum Gasteiger partial charge on any atom is 0.410 e. The lowest BCUT2D eigenvalue weighted by molar-refractivity contribution is 0.00986. The summed E-state index contributed by atoms with van der Waals surface area (Å²) < 4.78 is 18.4. The first-order chi connectivity index (χ1) is 11.3. The minimum absolute atomic E-state index is 0.0852. The van der Waals surface area contributed by atoms with E-state index in [0.29, 0.717) is 18.7 Å². The molecule has 1 unspecified atom stereocenters. The highest BCUT2D eigenvalue weighted by Crippen LogP contribution is 2.20. The number of halogens is 1. The van der Waals surface area contributed by atoms with Gasteiger partial charge in [0.15, 0.2) is 0 Å². The van der Waals surface area contributed by atoms with Gasteiger partial charge in [0, 0.05) is 18.7 Å². The molecular formula is C18H25FN2O3. The maximum absolute atomic E-state index is 12.9. The van der Waals surface area contributed by atoms with E-state index in [9.17, 15) is 14.0 Å². The Kier molecular flexibility index (Phi) is 5.80. The summed E-state index contributed by atoms with van der Waals surface area (Å²) in [6.45, 7) is 6.49. The largest absolute Gasteiger partial charge is 0.444 e. The van der Waals surface area contributed by atoms with Gasteiger partial charge in [0.25, 0.3) is 5.91 Å². The monoisotopic (exact) mass is 336 g/mol. The average Bonchev–Trinajstić information content (AvgIpc) is 2.52. The molecule has 1 aliphatic heterocycles. The van der Waals surface area contributed by atoms with Crippen LogP contribution in [0.4, 0.5) is 9.18 Å². The van der Waals surface area contributed by atoms with E-state index in [4.69, 9.17) is 4.74 Å². The van der Waals surface area contributed by atoms with Gasteiger partial charge in [-0.05, 0) is 64.3 Å². The van der Waals surface area contributed by atoms with E-state index in [-0.39, 0.29) is 23.9 Å². The molecule has 5 nitrogen and oxygen atoms in total. The summed E-state index contributed by atoms with van der Waals surface area (Å²) >= 11 is 0. The topological polar surface area (TPSA) is 58.6 Å². The second-order valence-corrected chi connectivity index (χ2v) is 7.04. The summed E-state index contributed by atoms with van der Waals surface area (Å²) in [5.41, 5.74) is -0.146. The summed E-state index contributed by atoms with van der Waals surface area (Å²) in [4.78, 5) is 26.2. The molecule has 1 aliphatic rings. The first-order valence-electron chi connectivity index (χ1n) is 8.29. The second kappa shape index (κ2) is 7.64. The second-order valence-electron chi connectivity index (χ2n) is 7.04. The zero-order chi connectivity index (χ0) is 17.7. The number of piperidine rings is 1. The van der Waals surface area contributed by atoms with Crippen LogP contribution in [0.3, 0.4) is 0 Å². The summed E-state index contributed by atoms with van der Waals surface area (Å²) in [6, 6.07) is 5.30. The van der Waals surface area contributed by atoms with Gasteiger partial charge in [-0.2, -0.15) is 0 Å². The number of amides is 2. The van der Waals surface area contributed by atoms with Gasteiger partial charge in [-0.15, -0.1) is 0 Å². The molecule has 1 aromatic carbocycles. The fraction of sp³-hybridized carbons (Fsp3) is 0.556. The Labute approximate surface area is 142 Å². The third-order valence-electron chi connectivity index (χ3n) is 3.86. The van der Waals surface area contributed by atoms with Crippen molar-refractivity contribution in [2.45, 2.75) is 51.7 Å². The van der Waals surface area contributed by atoms with Crippen LogP contribution >= 0.6 is 0 Å². The molecule has 0 aliphatic carbocycles. The number of hydrogen-bond donors (Lipinski definition) is 1.